The number of allylic oxidation sites excluding steroid dienone is 6. The first kappa shape index (κ1) is 18.7. The van der Waals surface area contributed by atoms with E-state index in [0.29, 0.717) is 22.3 Å². The number of carbonyl (C=O) groups excluding carboxylic acids is 4. The standard InChI is InChI=1S/C23H19NO6/c1-10-8-17(26)15-9-14-11(6-7-13-19(14)23(29)24(30)22(13)28)18(20(15)21(10)27)12-4-2-3-5-16(12)25/h2-6,8,13-14,18-19,25,30H,7,9H2,1H3. The van der Waals surface area contributed by atoms with Crippen molar-refractivity contribution in [3.05, 3.63) is 64.3 Å². The van der Waals surface area contributed by atoms with Gasteiger partial charge in [-0.3, -0.25) is 24.4 Å². The zero-order valence-electron chi connectivity index (χ0n) is 16.2. The van der Waals surface area contributed by atoms with Gasteiger partial charge in [-0.25, -0.2) is 0 Å². The lowest BCUT2D eigenvalue weighted by Crippen LogP contribution is -2.39. The van der Waals surface area contributed by atoms with Crippen molar-refractivity contribution in [2.24, 2.45) is 17.8 Å². The zero-order valence-corrected chi connectivity index (χ0v) is 16.2. The Balaban J connectivity index is 1.74. The fourth-order valence-corrected chi connectivity index (χ4v) is 5.43. The number of phenols is 1. The first-order chi connectivity index (χ1) is 14.3. The van der Waals surface area contributed by atoms with Crippen LogP contribution in [0, 0.1) is 17.8 Å². The Kier molecular flexibility index (Phi) is 3.95. The molecule has 4 aliphatic rings. The van der Waals surface area contributed by atoms with Crippen LogP contribution in [0.1, 0.15) is 31.2 Å². The summed E-state index contributed by atoms with van der Waals surface area (Å²) in [4.78, 5) is 50.9. The summed E-state index contributed by atoms with van der Waals surface area (Å²) >= 11 is 0. The van der Waals surface area contributed by atoms with Crippen molar-refractivity contribution in [3.8, 4) is 5.75 Å². The van der Waals surface area contributed by atoms with Gasteiger partial charge in [-0.1, -0.05) is 29.8 Å². The van der Waals surface area contributed by atoms with Gasteiger partial charge in [0.15, 0.2) is 11.6 Å². The Labute approximate surface area is 171 Å². The Morgan fingerprint density at radius 3 is 2.50 bits per heavy atom. The summed E-state index contributed by atoms with van der Waals surface area (Å²) in [5.74, 6) is -4.54. The minimum Gasteiger partial charge on any atom is -0.508 e. The van der Waals surface area contributed by atoms with E-state index in [4.69, 9.17) is 0 Å². The number of nitrogens with zero attached hydrogens (tertiary/aromatic N) is 1. The molecule has 2 N–H and O–H groups in total. The molecule has 7 nitrogen and oxygen atoms in total. The van der Waals surface area contributed by atoms with Crippen LogP contribution in [0.5, 0.6) is 5.75 Å². The Hall–Kier alpha value is -3.32. The van der Waals surface area contributed by atoms with Crippen molar-refractivity contribution in [1.82, 2.24) is 5.06 Å². The lowest BCUT2D eigenvalue weighted by molar-refractivity contribution is -0.173. The van der Waals surface area contributed by atoms with Gasteiger partial charge in [0.05, 0.1) is 11.8 Å². The summed E-state index contributed by atoms with van der Waals surface area (Å²) < 4.78 is 0. The van der Waals surface area contributed by atoms with Gasteiger partial charge in [-0.15, -0.1) is 0 Å². The smallest absolute Gasteiger partial charge is 0.257 e. The first-order valence-electron chi connectivity index (χ1n) is 9.86. The number of amides is 2. The number of hydroxylamine groups is 2. The number of rotatable bonds is 1. The molecule has 1 aromatic rings. The summed E-state index contributed by atoms with van der Waals surface area (Å²) in [7, 11) is 0. The molecule has 1 fully saturated rings. The quantitative estimate of drug-likeness (QED) is 0.321. The summed E-state index contributed by atoms with van der Waals surface area (Å²) in [5, 5.41) is 20.6. The first-order valence-corrected chi connectivity index (χ1v) is 9.86. The third kappa shape index (κ3) is 2.35. The number of benzene rings is 1. The number of fused-ring (bicyclic) bond motifs is 3. The number of imide groups is 1. The van der Waals surface area contributed by atoms with Gasteiger partial charge in [-0.05, 0) is 37.8 Å². The van der Waals surface area contributed by atoms with E-state index in [0.717, 1.165) is 5.57 Å². The van der Waals surface area contributed by atoms with Crippen molar-refractivity contribution in [1.29, 1.82) is 0 Å². The van der Waals surface area contributed by atoms with Gasteiger partial charge in [0.25, 0.3) is 11.8 Å². The molecule has 0 bridgehead atoms. The molecule has 0 saturated carbocycles. The van der Waals surface area contributed by atoms with E-state index >= 15 is 0 Å². The van der Waals surface area contributed by atoms with Gasteiger partial charge in [0.2, 0.25) is 0 Å². The molecule has 0 radical (unpaired) electrons. The van der Waals surface area contributed by atoms with Crippen LogP contribution in [0.2, 0.25) is 0 Å². The average Bonchev–Trinajstić information content (AvgIpc) is 2.95. The van der Waals surface area contributed by atoms with Gasteiger partial charge in [-0.2, -0.15) is 5.06 Å². The number of phenolic OH excluding ortho intramolecular Hbond substituents is 1. The van der Waals surface area contributed by atoms with Crippen molar-refractivity contribution in [2.75, 3.05) is 0 Å². The molecule has 1 heterocycles. The molecule has 1 aromatic carbocycles. The highest BCUT2D eigenvalue weighted by molar-refractivity contribution is 6.23. The maximum atomic E-state index is 13.1. The average molecular weight is 405 g/mol. The van der Waals surface area contributed by atoms with Crippen molar-refractivity contribution in [3.63, 3.8) is 0 Å². The Morgan fingerprint density at radius 1 is 1.03 bits per heavy atom. The number of carbonyl (C=O) groups is 4. The van der Waals surface area contributed by atoms with E-state index in [1.54, 1.807) is 25.1 Å². The van der Waals surface area contributed by atoms with Crippen LogP contribution >= 0.6 is 0 Å². The third-order valence-corrected chi connectivity index (χ3v) is 6.79. The number of hydrogen-bond donors (Lipinski definition) is 2. The molecule has 5 rings (SSSR count). The lowest BCUT2D eigenvalue weighted by atomic mass is 9.59. The predicted molar refractivity (Wildman–Crippen MR) is 103 cm³/mol. The van der Waals surface area contributed by atoms with Crippen LogP contribution in [0.3, 0.4) is 0 Å². The molecule has 2 amide bonds. The van der Waals surface area contributed by atoms with Crippen LogP contribution < -0.4 is 0 Å². The Bertz CT molecular complexity index is 1140. The fraction of sp³-hybridized carbons (Fsp3) is 0.304. The number of para-hydroxylation sites is 1. The maximum Gasteiger partial charge on any atom is 0.257 e. The maximum absolute atomic E-state index is 13.1. The second-order valence-corrected chi connectivity index (χ2v) is 8.28. The minimum atomic E-state index is -0.792. The van der Waals surface area contributed by atoms with Crippen molar-refractivity contribution >= 4 is 23.4 Å². The number of hydrogen-bond acceptors (Lipinski definition) is 6. The molecule has 7 heteroatoms. The number of aromatic hydroxyl groups is 1. The molecule has 30 heavy (non-hydrogen) atoms. The monoisotopic (exact) mass is 405 g/mol. The van der Waals surface area contributed by atoms with Gasteiger partial charge in [0.1, 0.15) is 5.75 Å². The fourth-order valence-electron chi connectivity index (χ4n) is 5.43. The molecular weight excluding hydrogens is 386 g/mol. The predicted octanol–water partition coefficient (Wildman–Crippen LogP) is 2.21. The topological polar surface area (TPSA) is 112 Å². The van der Waals surface area contributed by atoms with E-state index in [1.807, 2.05) is 6.08 Å². The third-order valence-electron chi connectivity index (χ3n) is 6.79. The molecule has 1 saturated heterocycles. The molecule has 3 aliphatic carbocycles. The van der Waals surface area contributed by atoms with E-state index in [2.05, 4.69) is 0 Å². The highest BCUT2D eigenvalue weighted by atomic mass is 16.5. The highest BCUT2D eigenvalue weighted by Gasteiger charge is 2.56. The van der Waals surface area contributed by atoms with Gasteiger partial charge < -0.3 is 5.11 Å². The van der Waals surface area contributed by atoms with E-state index in [-0.39, 0.29) is 35.2 Å². The Morgan fingerprint density at radius 2 is 1.77 bits per heavy atom. The highest BCUT2D eigenvalue weighted by Crippen LogP contribution is 2.55. The largest absolute Gasteiger partial charge is 0.508 e. The SMILES string of the molecule is CC1=CC(=O)C2=C(C1=O)C(c1ccccc1O)C1=CCC3C(=O)N(O)C(=O)C3C1C2. The lowest BCUT2D eigenvalue weighted by Gasteiger charge is -2.42. The van der Waals surface area contributed by atoms with Crippen LogP contribution in [0.4, 0.5) is 0 Å². The summed E-state index contributed by atoms with van der Waals surface area (Å²) in [5.41, 5.74) is 2.20. The molecule has 0 aromatic heterocycles. The zero-order chi connectivity index (χ0) is 21.3. The summed E-state index contributed by atoms with van der Waals surface area (Å²) in [6.45, 7) is 1.59. The number of Topliss-reactive ketones (excluding diaryl/α,β-unsaturated/α-hetero) is 1. The van der Waals surface area contributed by atoms with Crippen molar-refractivity contribution in [2.45, 2.75) is 25.7 Å². The molecule has 1 aliphatic heterocycles. The molecule has 0 spiro atoms. The molecular formula is C23H19NO6. The molecule has 152 valence electrons. The summed E-state index contributed by atoms with van der Waals surface area (Å²) in [6, 6.07) is 6.62. The van der Waals surface area contributed by atoms with E-state index in [1.165, 1.54) is 12.1 Å². The number of ketones is 2. The second-order valence-electron chi connectivity index (χ2n) is 8.28. The summed E-state index contributed by atoms with van der Waals surface area (Å²) in [6.07, 6.45) is 3.54. The second kappa shape index (κ2) is 6.34. The van der Waals surface area contributed by atoms with E-state index in [9.17, 15) is 29.5 Å². The van der Waals surface area contributed by atoms with Crippen LogP contribution in [0.15, 0.2) is 58.7 Å². The van der Waals surface area contributed by atoms with Crippen LogP contribution in [-0.4, -0.2) is 38.8 Å². The van der Waals surface area contributed by atoms with E-state index < -0.39 is 35.5 Å². The minimum absolute atomic E-state index is 0.0110. The van der Waals surface area contributed by atoms with Gasteiger partial charge in [0, 0.05) is 28.2 Å². The van der Waals surface area contributed by atoms with Crippen LogP contribution in [-0.2, 0) is 19.2 Å². The normalized spacial score (nSPS) is 30.7. The van der Waals surface area contributed by atoms with Crippen LogP contribution in [0.25, 0.3) is 0 Å². The molecule has 4 unspecified atom stereocenters. The molecule has 4 atom stereocenters. The van der Waals surface area contributed by atoms with Gasteiger partial charge >= 0.3 is 0 Å². The van der Waals surface area contributed by atoms with Crippen molar-refractivity contribution < 1.29 is 29.5 Å².